The summed E-state index contributed by atoms with van der Waals surface area (Å²) in [5, 5.41) is 10.1. The molecule has 0 atom stereocenters. The molecule has 0 saturated heterocycles. The molecule has 1 aliphatic rings. The fourth-order valence-corrected chi connectivity index (χ4v) is 3.47. The third-order valence-electron chi connectivity index (χ3n) is 4.41. The van der Waals surface area contributed by atoms with Crippen LogP contribution >= 0.6 is 0 Å². The molecule has 2 nitrogen and oxygen atoms in total. The molecule has 1 aliphatic carbocycles. The van der Waals surface area contributed by atoms with Crippen LogP contribution in [0.4, 0.5) is 0 Å². The Balaban J connectivity index is 2.37. The SMILES string of the molecule is CC(C)(O)Cc1ccccc1C1(CN)CCCCC1. The third kappa shape index (κ3) is 3.37. The summed E-state index contributed by atoms with van der Waals surface area (Å²) < 4.78 is 0. The maximum atomic E-state index is 10.1. The van der Waals surface area contributed by atoms with Gasteiger partial charge in [-0.2, -0.15) is 0 Å². The highest BCUT2D eigenvalue weighted by molar-refractivity contribution is 5.36. The van der Waals surface area contributed by atoms with E-state index < -0.39 is 5.60 Å². The maximum absolute atomic E-state index is 10.1. The predicted octanol–water partition coefficient (Wildman–Crippen LogP) is 3.16. The molecule has 106 valence electrons. The molecule has 2 rings (SSSR count). The highest BCUT2D eigenvalue weighted by atomic mass is 16.3. The molecule has 19 heavy (non-hydrogen) atoms. The fourth-order valence-electron chi connectivity index (χ4n) is 3.47. The van der Waals surface area contributed by atoms with Crippen molar-refractivity contribution < 1.29 is 5.11 Å². The molecule has 1 saturated carbocycles. The molecular weight excluding hydrogens is 234 g/mol. The Bertz CT molecular complexity index is 414. The van der Waals surface area contributed by atoms with Crippen LogP contribution in [0.2, 0.25) is 0 Å². The molecule has 0 amide bonds. The molecule has 0 heterocycles. The number of hydrogen-bond acceptors (Lipinski definition) is 2. The Morgan fingerprint density at radius 1 is 1.16 bits per heavy atom. The molecule has 0 unspecified atom stereocenters. The second kappa shape index (κ2) is 5.64. The molecule has 0 aromatic heterocycles. The first-order valence-electron chi connectivity index (χ1n) is 7.48. The van der Waals surface area contributed by atoms with Crippen molar-refractivity contribution in [3.8, 4) is 0 Å². The van der Waals surface area contributed by atoms with Crippen LogP contribution in [0.25, 0.3) is 0 Å². The van der Waals surface area contributed by atoms with Gasteiger partial charge in [-0.25, -0.2) is 0 Å². The number of benzene rings is 1. The van der Waals surface area contributed by atoms with Crippen molar-refractivity contribution in [1.82, 2.24) is 0 Å². The van der Waals surface area contributed by atoms with Crippen molar-refractivity contribution in [3.05, 3.63) is 35.4 Å². The number of rotatable bonds is 4. The van der Waals surface area contributed by atoms with Crippen LogP contribution < -0.4 is 5.73 Å². The first-order valence-corrected chi connectivity index (χ1v) is 7.48. The van der Waals surface area contributed by atoms with Gasteiger partial charge < -0.3 is 10.8 Å². The monoisotopic (exact) mass is 261 g/mol. The Labute approximate surface area is 117 Å². The van der Waals surface area contributed by atoms with Gasteiger partial charge in [-0.1, -0.05) is 43.5 Å². The average molecular weight is 261 g/mol. The summed E-state index contributed by atoms with van der Waals surface area (Å²) >= 11 is 0. The van der Waals surface area contributed by atoms with Crippen molar-refractivity contribution in [3.63, 3.8) is 0 Å². The summed E-state index contributed by atoms with van der Waals surface area (Å²) in [6, 6.07) is 8.55. The Kier molecular flexibility index (Phi) is 4.32. The lowest BCUT2D eigenvalue weighted by Crippen LogP contribution is -2.38. The van der Waals surface area contributed by atoms with Crippen LogP contribution in [0.1, 0.15) is 57.1 Å². The van der Waals surface area contributed by atoms with Gasteiger partial charge in [0.25, 0.3) is 0 Å². The van der Waals surface area contributed by atoms with E-state index in [0.717, 1.165) is 6.54 Å². The van der Waals surface area contributed by atoms with E-state index in [1.54, 1.807) is 0 Å². The van der Waals surface area contributed by atoms with Crippen molar-refractivity contribution in [1.29, 1.82) is 0 Å². The van der Waals surface area contributed by atoms with Crippen LogP contribution in [0.5, 0.6) is 0 Å². The summed E-state index contributed by atoms with van der Waals surface area (Å²) in [7, 11) is 0. The number of aliphatic hydroxyl groups is 1. The molecular formula is C17H27NO. The van der Waals surface area contributed by atoms with Gasteiger partial charge in [-0.05, 0) is 37.8 Å². The summed E-state index contributed by atoms with van der Waals surface area (Å²) in [6.07, 6.45) is 6.95. The Morgan fingerprint density at radius 2 is 1.79 bits per heavy atom. The number of nitrogens with two attached hydrogens (primary N) is 1. The van der Waals surface area contributed by atoms with Crippen molar-refractivity contribution in [2.75, 3.05) is 6.54 Å². The highest BCUT2D eigenvalue weighted by Crippen LogP contribution is 2.40. The predicted molar refractivity (Wildman–Crippen MR) is 80.3 cm³/mol. The summed E-state index contributed by atoms with van der Waals surface area (Å²) in [4.78, 5) is 0. The van der Waals surface area contributed by atoms with E-state index >= 15 is 0 Å². The van der Waals surface area contributed by atoms with E-state index in [0.29, 0.717) is 6.42 Å². The van der Waals surface area contributed by atoms with Gasteiger partial charge in [0.15, 0.2) is 0 Å². The second-order valence-corrected chi connectivity index (χ2v) is 6.69. The lowest BCUT2D eigenvalue weighted by atomic mass is 9.67. The molecule has 0 spiro atoms. The summed E-state index contributed by atoms with van der Waals surface area (Å²) in [5.74, 6) is 0. The summed E-state index contributed by atoms with van der Waals surface area (Å²) in [5.41, 5.74) is 8.25. The van der Waals surface area contributed by atoms with E-state index in [1.165, 1.54) is 43.2 Å². The molecule has 0 aliphatic heterocycles. The maximum Gasteiger partial charge on any atom is 0.0632 e. The Morgan fingerprint density at radius 3 is 2.37 bits per heavy atom. The van der Waals surface area contributed by atoms with Crippen molar-refractivity contribution in [2.45, 2.75) is 63.4 Å². The van der Waals surface area contributed by atoms with E-state index in [1.807, 2.05) is 13.8 Å². The quantitative estimate of drug-likeness (QED) is 0.874. The Hall–Kier alpha value is -0.860. The van der Waals surface area contributed by atoms with Gasteiger partial charge >= 0.3 is 0 Å². The largest absolute Gasteiger partial charge is 0.390 e. The van der Waals surface area contributed by atoms with Gasteiger partial charge in [0.1, 0.15) is 0 Å². The first kappa shape index (κ1) is 14.5. The van der Waals surface area contributed by atoms with Crippen LogP contribution in [0.15, 0.2) is 24.3 Å². The standard InChI is InChI=1S/C17H27NO/c1-16(2,19)12-14-8-4-5-9-15(14)17(13-18)10-6-3-7-11-17/h4-5,8-9,19H,3,6-7,10-13,18H2,1-2H3. The molecule has 1 aromatic rings. The average Bonchev–Trinajstić information content (AvgIpc) is 2.38. The lowest BCUT2D eigenvalue weighted by molar-refractivity contribution is 0.0803. The van der Waals surface area contributed by atoms with E-state index in [-0.39, 0.29) is 5.41 Å². The van der Waals surface area contributed by atoms with Gasteiger partial charge in [0, 0.05) is 18.4 Å². The smallest absolute Gasteiger partial charge is 0.0632 e. The van der Waals surface area contributed by atoms with Crippen LogP contribution in [0, 0.1) is 0 Å². The first-order chi connectivity index (χ1) is 8.97. The highest BCUT2D eigenvalue weighted by Gasteiger charge is 2.34. The van der Waals surface area contributed by atoms with E-state index in [2.05, 4.69) is 24.3 Å². The molecule has 0 radical (unpaired) electrons. The minimum atomic E-state index is -0.666. The normalized spacial score (nSPS) is 19.4. The molecule has 2 heteroatoms. The lowest BCUT2D eigenvalue weighted by Gasteiger charge is -2.39. The minimum absolute atomic E-state index is 0.139. The van der Waals surface area contributed by atoms with Crippen LogP contribution in [-0.4, -0.2) is 17.3 Å². The summed E-state index contributed by atoms with van der Waals surface area (Å²) in [6.45, 7) is 4.47. The zero-order valence-corrected chi connectivity index (χ0v) is 12.3. The van der Waals surface area contributed by atoms with Crippen molar-refractivity contribution >= 4 is 0 Å². The number of hydrogen-bond donors (Lipinski definition) is 2. The van der Waals surface area contributed by atoms with Gasteiger partial charge in [0.05, 0.1) is 5.60 Å². The molecule has 1 aromatic carbocycles. The fraction of sp³-hybridized carbons (Fsp3) is 0.647. The molecule has 0 bridgehead atoms. The zero-order chi connectivity index (χ0) is 13.9. The minimum Gasteiger partial charge on any atom is -0.390 e. The molecule has 3 N–H and O–H groups in total. The van der Waals surface area contributed by atoms with Gasteiger partial charge in [-0.15, -0.1) is 0 Å². The second-order valence-electron chi connectivity index (χ2n) is 6.69. The third-order valence-corrected chi connectivity index (χ3v) is 4.41. The van der Waals surface area contributed by atoms with E-state index in [9.17, 15) is 5.11 Å². The topological polar surface area (TPSA) is 46.2 Å². The van der Waals surface area contributed by atoms with E-state index in [4.69, 9.17) is 5.73 Å². The van der Waals surface area contributed by atoms with Crippen LogP contribution in [0.3, 0.4) is 0 Å². The molecule has 1 fully saturated rings. The zero-order valence-electron chi connectivity index (χ0n) is 12.3. The van der Waals surface area contributed by atoms with Crippen LogP contribution in [-0.2, 0) is 11.8 Å². The van der Waals surface area contributed by atoms with Crippen molar-refractivity contribution in [2.24, 2.45) is 5.73 Å². The van der Waals surface area contributed by atoms with Gasteiger partial charge in [-0.3, -0.25) is 0 Å². The van der Waals surface area contributed by atoms with Gasteiger partial charge in [0.2, 0.25) is 0 Å².